The lowest BCUT2D eigenvalue weighted by atomic mass is 9.89. The van der Waals surface area contributed by atoms with E-state index in [1.165, 1.54) is 44.9 Å². The molecule has 2 aliphatic carbocycles. The number of hydrogen-bond acceptors (Lipinski definition) is 3. The quantitative estimate of drug-likeness (QED) is 0.522. The Balaban J connectivity index is 1.28. The van der Waals surface area contributed by atoms with E-state index < -0.39 is 0 Å². The molecule has 4 rings (SSSR count). The monoisotopic (exact) mass is 429 g/mol. The molecule has 2 unspecified atom stereocenters. The van der Waals surface area contributed by atoms with Crippen molar-refractivity contribution in [3.63, 3.8) is 0 Å². The van der Waals surface area contributed by atoms with Gasteiger partial charge in [-0.3, -0.25) is 4.79 Å². The zero-order valence-electron chi connectivity index (χ0n) is 19.6. The predicted octanol–water partition coefficient (Wildman–Crippen LogP) is 5.05. The normalized spacial score (nSPS) is 29.1. The number of Topliss-reactive ketones (excluding diaryl/α,β-unsaturated/α-hetero) is 1. The fourth-order valence-electron chi connectivity index (χ4n) is 6.75. The van der Waals surface area contributed by atoms with Gasteiger partial charge in [-0.25, -0.2) is 4.79 Å². The molecule has 3 atom stereocenters. The number of ketones is 1. The first-order valence-electron chi connectivity index (χ1n) is 13.1. The summed E-state index contributed by atoms with van der Waals surface area (Å²) in [5, 5.41) is 3.26. The van der Waals surface area contributed by atoms with E-state index >= 15 is 0 Å². The summed E-state index contributed by atoms with van der Waals surface area (Å²) in [6.07, 6.45) is 15.8. The molecule has 1 N–H and O–H groups in total. The van der Waals surface area contributed by atoms with Gasteiger partial charge in [-0.15, -0.1) is 0 Å². The van der Waals surface area contributed by atoms with E-state index in [2.05, 4.69) is 28.6 Å². The van der Waals surface area contributed by atoms with Crippen molar-refractivity contribution in [3.05, 3.63) is 12.2 Å². The highest BCUT2D eigenvalue weighted by Gasteiger charge is 2.44. The number of likely N-dealkylation sites (tertiary alicyclic amines) is 1. The number of piperidine rings is 1. The van der Waals surface area contributed by atoms with E-state index in [1.807, 2.05) is 0 Å². The van der Waals surface area contributed by atoms with Crippen molar-refractivity contribution in [1.29, 1.82) is 0 Å². The Bertz CT molecular complexity index is 649. The van der Waals surface area contributed by atoms with Gasteiger partial charge in [-0.2, -0.15) is 0 Å². The third-order valence-electron chi connectivity index (χ3n) is 8.51. The zero-order chi connectivity index (χ0) is 21.8. The van der Waals surface area contributed by atoms with Crippen molar-refractivity contribution in [2.75, 3.05) is 13.1 Å². The fourth-order valence-corrected chi connectivity index (χ4v) is 6.75. The van der Waals surface area contributed by atoms with Crippen LogP contribution in [-0.4, -0.2) is 58.9 Å². The van der Waals surface area contributed by atoms with Gasteiger partial charge in [0.25, 0.3) is 0 Å². The number of hydrogen-bond donors (Lipinski definition) is 1. The van der Waals surface area contributed by atoms with Gasteiger partial charge in [0.1, 0.15) is 0 Å². The molecule has 5 heteroatoms. The number of urea groups is 1. The van der Waals surface area contributed by atoms with Crippen LogP contribution in [0.15, 0.2) is 12.2 Å². The largest absolute Gasteiger partial charge is 0.333 e. The van der Waals surface area contributed by atoms with Gasteiger partial charge in [0.15, 0.2) is 5.78 Å². The highest BCUT2D eigenvalue weighted by molar-refractivity contribution is 5.96. The van der Waals surface area contributed by atoms with Crippen LogP contribution in [0, 0.1) is 5.92 Å². The molecule has 31 heavy (non-hydrogen) atoms. The van der Waals surface area contributed by atoms with Gasteiger partial charge in [-0.05, 0) is 63.4 Å². The second kappa shape index (κ2) is 10.5. The lowest BCUT2D eigenvalue weighted by Crippen LogP contribution is -2.51. The summed E-state index contributed by atoms with van der Waals surface area (Å²) in [5.41, 5.74) is 0.861. The van der Waals surface area contributed by atoms with Gasteiger partial charge in [0, 0.05) is 31.1 Å². The van der Waals surface area contributed by atoms with Crippen LogP contribution < -0.4 is 5.32 Å². The molecule has 174 valence electrons. The maximum absolute atomic E-state index is 12.7. The molecule has 0 bridgehead atoms. The first-order chi connectivity index (χ1) is 15.1. The molecule has 2 saturated carbocycles. The Morgan fingerprint density at radius 3 is 2.42 bits per heavy atom. The van der Waals surface area contributed by atoms with Gasteiger partial charge in [0.2, 0.25) is 0 Å². The number of allylic oxidation sites excluding steroid dienone is 1. The van der Waals surface area contributed by atoms with Crippen LogP contribution in [-0.2, 0) is 4.79 Å². The smallest absolute Gasteiger partial charge is 0.318 e. The summed E-state index contributed by atoms with van der Waals surface area (Å²) < 4.78 is 0. The minimum atomic E-state index is 0.183. The zero-order valence-corrected chi connectivity index (χ0v) is 19.6. The molecule has 2 amide bonds. The maximum Gasteiger partial charge on any atom is 0.318 e. The number of carbonyl (C=O) groups excluding carboxylic acids is 2. The number of nitrogens with zero attached hydrogens (tertiary/aromatic N) is 2. The van der Waals surface area contributed by atoms with Crippen molar-refractivity contribution in [1.82, 2.24) is 15.1 Å². The molecule has 4 fully saturated rings. The summed E-state index contributed by atoms with van der Waals surface area (Å²) >= 11 is 0. The average molecular weight is 430 g/mol. The minimum Gasteiger partial charge on any atom is -0.333 e. The van der Waals surface area contributed by atoms with Crippen molar-refractivity contribution < 1.29 is 9.59 Å². The first-order valence-corrected chi connectivity index (χ1v) is 13.1. The Morgan fingerprint density at radius 1 is 1.03 bits per heavy atom. The maximum atomic E-state index is 12.7. The second-order valence-electron chi connectivity index (χ2n) is 10.5. The van der Waals surface area contributed by atoms with E-state index in [1.54, 1.807) is 0 Å². The first kappa shape index (κ1) is 22.8. The molecule has 2 saturated heterocycles. The Hall–Kier alpha value is -1.36. The fraction of sp³-hybridized carbons (Fsp3) is 0.846. The standard InChI is InChI=1S/C26H43N3O2/c1-3-8-21(14-13-19(2)25(30)20-9-4-5-10-20)28-17-15-22(16-18-28)29-24-12-7-6-11-23(24)27-26(29)31/h20-24H,2-18H2,1H3,(H,27,31)/t21?,23?,24-/m0/s1. The molecule has 0 aromatic rings. The predicted molar refractivity (Wildman–Crippen MR) is 125 cm³/mol. The van der Waals surface area contributed by atoms with E-state index in [4.69, 9.17) is 0 Å². The number of carbonyl (C=O) groups is 2. The molecule has 0 spiro atoms. The number of rotatable bonds is 9. The highest BCUT2D eigenvalue weighted by atomic mass is 16.2. The van der Waals surface area contributed by atoms with Crippen LogP contribution in [0.25, 0.3) is 0 Å². The molecule has 5 nitrogen and oxygen atoms in total. The van der Waals surface area contributed by atoms with Gasteiger partial charge in [0.05, 0.1) is 12.1 Å². The molecular formula is C26H43N3O2. The molecule has 0 aromatic carbocycles. The summed E-state index contributed by atoms with van der Waals surface area (Å²) in [6.45, 7) is 8.57. The Kier molecular flexibility index (Phi) is 7.73. The SMILES string of the molecule is C=C(CCC(CCC)N1CCC(N2C(=O)NC3CCCC[C@@H]32)CC1)C(=O)C1CCCC1. The molecule has 4 aliphatic rings. The summed E-state index contributed by atoms with van der Waals surface area (Å²) in [7, 11) is 0. The minimum absolute atomic E-state index is 0.183. The van der Waals surface area contributed by atoms with Crippen LogP contribution in [0.2, 0.25) is 0 Å². The van der Waals surface area contributed by atoms with E-state index in [0.717, 1.165) is 63.6 Å². The van der Waals surface area contributed by atoms with E-state index in [-0.39, 0.29) is 11.9 Å². The topological polar surface area (TPSA) is 52.6 Å². The van der Waals surface area contributed by atoms with Crippen LogP contribution >= 0.6 is 0 Å². The van der Waals surface area contributed by atoms with Crippen LogP contribution in [0.5, 0.6) is 0 Å². The van der Waals surface area contributed by atoms with Gasteiger partial charge in [-0.1, -0.05) is 45.6 Å². The number of nitrogens with one attached hydrogen (secondary N) is 1. The second-order valence-corrected chi connectivity index (χ2v) is 10.5. The Labute approximate surface area is 189 Å². The molecular weight excluding hydrogens is 386 g/mol. The number of amides is 2. The molecule has 0 aromatic heterocycles. The lowest BCUT2D eigenvalue weighted by Gasteiger charge is -2.42. The average Bonchev–Trinajstić information content (AvgIpc) is 3.43. The number of fused-ring (bicyclic) bond motifs is 1. The third-order valence-corrected chi connectivity index (χ3v) is 8.51. The van der Waals surface area contributed by atoms with Crippen molar-refractivity contribution in [2.45, 2.75) is 121 Å². The Morgan fingerprint density at radius 2 is 1.71 bits per heavy atom. The van der Waals surface area contributed by atoms with Crippen molar-refractivity contribution >= 4 is 11.8 Å². The van der Waals surface area contributed by atoms with Crippen molar-refractivity contribution in [2.24, 2.45) is 5.92 Å². The molecule has 2 heterocycles. The summed E-state index contributed by atoms with van der Waals surface area (Å²) in [4.78, 5) is 30.2. The van der Waals surface area contributed by atoms with Gasteiger partial charge >= 0.3 is 6.03 Å². The van der Waals surface area contributed by atoms with Crippen molar-refractivity contribution in [3.8, 4) is 0 Å². The van der Waals surface area contributed by atoms with E-state index in [9.17, 15) is 9.59 Å². The summed E-state index contributed by atoms with van der Waals surface area (Å²) in [6, 6.07) is 1.92. The van der Waals surface area contributed by atoms with Crippen LogP contribution in [0.3, 0.4) is 0 Å². The van der Waals surface area contributed by atoms with Crippen LogP contribution in [0.4, 0.5) is 4.79 Å². The van der Waals surface area contributed by atoms with E-state index in [0.29, 0.717) is 30.0 Å². The lowest BCUT2D eigenvalue weighted by molar-refractivity contribution is -0.119. The molecule has 2 aliphatic heterocycles. The van der Waals surface area contributed by atoms with Gasteiger partial charge < -0.3 is 15.1 Å². The third kappa shape index (κ3) is 5.18. The summed E-state index contributed by atoms with van der Waals surface area (Å²) in [5.74, 6) is 0.594. The van der Waals surface area contributed by atoms with Crippen LogP contribution in [0.1, 0.15) is 96.8 Å². The highest BCUT2D eigenvalue weighted by Crippen LogP contribution is 2.33. The molecule has 0 radical (unpaired) electrons.